The van der Waals surface area contributed by atoms with E-state index in [0.29, 0.717) is 0 Å². The highest BCUT2D eigenvalue weighted by Crippen LogP contribution is 2.07. The van der Waals surface area contributed by atoms with Gasteiger partial charge in [0, 0.05) is 4.91 Å². The van der Waals surface area contributed by atoms with Crippen LogP contribution >= 0.6 is 0 Å². The van der Waals surface area contributed by atoms with Gasteiger partial charge in [-0.3, -0.25) is 0 Å². The molecule has 0 unspecified atom stereocenters. The predicted octanol–water partition coefficient (Wildman–Crippen LogP) is 1.57. The molecule has 0 aromatic heterocycles. The molecule has 0 rings (SSSR count). The Hall–Kier alpha value is -1.46. The first-order chi connectivity index (χ1) is 7.30. The number of rotatable bonds is 4. The van der Waals surface area contributed by atoms with Gasteiger partial charge in [0.15, 0.2) is 0 Å². The highest BCUT2D eigenvalue weighted by molar-refractivity contribution is 5.68. The van der Waals surface area contributed by atoms with E-state index in [1.165, 1.54) is 0 Å². The number of alkyl carbamates (subject to hydrolysis) is 1. The number of ether oxygens (including phenoxy) is 1. The van der Waals surface area contributed by atoms with Crippen molar-refractivity contribution in [2.45, 2.75) is 45.4 Å². The molecule has 7 nitrogen and oxygen atoms in total. The van der Waals surface area contributed by atoms with Gasteiger partial charge in [-0.2, -0.15) is 0 Å². The third kappa shape index (κ3) is 6.10. The minimum absolute atomic E-state index is 0.320. The number of nitrogens with zero attached hydrogens (tertiary/aromatic N) is 3. The van der Waals surface area contributed by atoms with E-state index in [2.05, 4.69) is 15.3 Å². The number of aliphatic hydroxyl groups is 1. The molecule has 0 saturated heterocycles. The van der Waals surface area contributed by atoms with Gasteiger partial charge in [0.1, 0.15) is 5.60 Å². The number of carbonyl (C=O) groups is 1. The summed E-state index contributed by atoms with van der Waals surface area (Å²) in [5.74, 6) is 0. The lowest BCUT2D eigenvalue weighted by atomic mass is 10.1. The largest absolute Gasteiger partial charge is 0.444 e. The van der Waals surface area contributed by atoms with E-state index < -0.39 is 23.8 Å². The average Bonchev–Trinajstić information content (AvgIpc) is 2.11. The van der Waals surface area contributed by atoms with Crippen molar-refractivity contribution in [3.8, 4) is 0 Å². The maximum Gasteiger partial charge on any atom is 0.407 e. The molecule has 0 aliphatic rings. The molecule has 16 heavy (non-hydrogen) atoms. The molecule has 0 spiro atoms. The summed E-state index contributed by atoms with van der Waals surface area (Å²) in [7, 11) is 0. The van der Waals surface area contributed by atoms with Gasteiger partial charge < -0.3 is 15.2 Å². The number of hydrogen-bond acceptors (Lipinski definition) is 4. The zero-order valence-corrected chi connectivity index (χ0v) is 9.97. The number of carbonyl (C=O) groups excluding carboxylic acids is 1. The molecule has 0 fully saturated rings. The van der Waals surface area contributed by atoms with Crippen LogP contribution in [0.5, 0.6) is 0 Å². The lowest BCUT2D eigenvalue weighted by Gasteiger charge is -2.24. The Kier molecular flexibility index (Phi) is 5.63. The van der Waals surface area contributed by atoms with Crippen molar-refractivity contribution in [1.29, 1.82) is 0 Å². The molecule has 92 valence electrons. The maximum atomic E-state index is 11.4. The van der Waals surface area contributed by atoms with Gasteiger partial charge in [-0.25, -0.2) is 4.79 Å². The van der Waals surface area contributed by atoms with Gasteiger partial charge in [0.25, 0.3) is 0 Å². The number of nitrogens with one attached hydrogen (secondary N) is 1. The summed E-state index contributed by atoms with van der Waals surface area (Å²) in [6, 6.07) is -1.19. The summed E-state index contributed by atoms with van der Waals surface area (Å²) in [6.45, 7) is 6.48. The molecule has 0 aromatic rings. The smallest absolute Gasteiger partial charge is 0.407 e. The first-order valence-electron chi connectivity index (χ1n) is 4.94. The zero-order valence-electron chi connectivity index (χ0n) is 9.97. The van der Waals surface area contributed by atoms with Crippen LogP contribution in [0, 0.1) is 0 Å². The van der Waals surface area contributed by atoms with Crippen LogP contribution in [0.4, 0.5) is 4.79 Å². The summed E-state index contributed by atoms with van der Waals surface area (Å²) in [5, 5.41) is 14.8. The Morgan fingerprint density at radius 3 is 2.56 bits per heavy atom. The van der Waals surface area contributed by atoms with Crippen LogP contribution in [0.1, 0.15) is 27.7 Å². The summed E-state index contributed by atoms with van der Waals surface area (Å²) in [6.07, 6.45) is -0.647. The van der Waals surface area contributed by atoms with Crippen molar-refractivity contribution in [3.63, 3.8) is 0 Å². The van der Waals surface area contributed by atoms with E-state index in [-0.39, 0.29) is 6.61 Å². The Bertz CT molecular complexity index is 281. The minimum Gasteiger partial charge on any atom is -0.444 e. The second-order valence-corrected chi connectivity index (χ2v) is 4.38. The van der Waals surface area contributed by atoms with Gasteiger partial charge >= 0.3 is 6.09 Å². The summed E-state index contributed by atoms with van der Waals surface area (Å²) in [4.78, 5) is 14.0. The Morgan fingerprint density at radius 1 is 1.62 bits per heavy atom. The highest BCUT2D eigenvalue weighted by atomic mass is 16.6. The summed E-state index contributed by atoms with van der Waals surface area (Å²) < 4.78 is 5.00. The van der Waals surface area contributed by atoms with E-state index in [4.69, 9.17) is 15.4 Å². The van der Waals surface area contributed by atoms with E-state index in [0.717, 1.165) is 0 Å². The second-order valence-electron chi connectivity index (χ2n) is 4.38. The van der Waals surface area contributed by atoms with Crippen LogP contribution in [-0.2, 0) is 4.74 Å². The number of hydrogen-bond donors (Lipinski definition) is 2. The first kappa shape index (κ1) is 14.5. The van der Waals surface area contributed by atoms with Crippen molar-refractivity contribution in [2.75, 3.05) is 6.61 Å². The number of aliphatic hydroxyl groups excluding tert-OH is 1. The molecule has 0 aromatic carbocycles. The quantitative estimate of drug-likeness (QED) is 0.434. The monoisotopic (exact) mass is 230 g/mol. The van der Waals surface area contributed by atoms with Crippen molar-refractivity contribution in [3.05, 3.63) is 10.4 Å². The third-order valence-corrected chi connectivity index (χ3v) is 1.71. The van der Waals surface area contributed by atoms with Gasteiger partial charge in [-0.1, -0.05) is 12.0 Å². The minimum atomic E-state index is -0.647. The first-order valence-corrected chi connectivity index (χ1v) is 4.94. The maximum absolute atomic E-state index is 11.4. The van der Waals surface area contributed by atoms with E-state index in [9.17, 15) is 4.79 Å². The summed E-state index contributed by atoms with van der Waals surface area (Å²) >= 11 is 0. The molecule has 1 amide bonds. The topological polar surface area (TPSA) is 107 Å². The van der Waals surface area contributed by atoms with E-state index in [1.54, 1.807) is 27.7 Å². The van der Waals surface area contributed by atoms with Crippen LogP contribution in [0.15, 0.2) is 5.11 Å². The van der Waals surface area contributed by atoms with Gasteiger partial charge in [0.05, 0.1) is 18.7 Å². The van der Waals surface area contributed by atoms with Crippen molar-refractivity contribution >= 4 is 6.09 Å². The standard InChI is InChI=1S/C9H18N4O3/c1-6(12-13-10)7(5-14)11-8(15)16-9(2,3)4/h6-7,14H,5H2,1-4H3,(H,11,15)/t6-,7+/m0/s1. The number of azide groups is 1. The van der Waals surface area contributed by atoms with Crippen LogP contribution in [0.25, 0.3) is 10.4 Å². The predicted molar refractivity (Wildman–Crippen MR) is 58.9 cm³/mol. The molecule has 0 radical (unpaired) electrons. The highest BCUT2D eigenvalue weighted by Gasteiger charge is 2.22. The fourth-order valence-corrected chi connectivity index (χ4v) is 0.940. The van der Waals surface area contributed by atoms with Gasteiger partial charge in [-0.15, -0.1) is 0 Å². The van der Waals surface area contributed by atoms with Crippen LogP contribution in [-0.4, -0.2) is 35.5 Å². The van der Waals surface area contributed by atoms with Crippen molar-refractivity contribution < 1.29 is 14.6 Å². The van der Waals surface area contributed by atoms with E-state index in [1.807, 2.05) is 0 Å². The molecular formula is C9H18N4O3. The average molecular weight is 230 g/mol. The second kappa shape index (κ2) is 6.19. The van der Waals surface area contributed by atoms with Crippen LogP contribution < -0.4 is 5.32 Å². The molecular weight excluding hydrogens is 212 g/mol. The van der Waals surface area contributed by atoms with Gasteiger partial charge in [-0.05, 0) is 26.3 Å². The SMILES string of the molecule is C[C@H](N=[N+]=[N-])[C@@H](CO)NC(=O)OC(C)(C)C. The molecule has 0 heterocycles. The third-order valence-electron chi connectivity index (χ3n) is 1.71. The fourth-order valence-electron chi connectivity index (χ4n) is 0.940. The molecule has 0 aliphatic heterocycles. The lowest BCUT2D eigenvalue weighted by molar-refractivity contribution is 0.0474. The molecule has 0 bridgehead atoms. The molecule has 0 saturated carbocycles. The van der Waals surface area contributed by atoms with Crippen LogP contribution in [0.3, 0.4) is 0 Å². The molecule has 0 aliphatic carbocycles. The summed E-state index contributed by atoms with van der Waals surface area (Å²) in [5.41, 5.74) is 7.63. The number of amides is 1. The molecule has 2 N–H and O–H groups in total. The van der Waals surface area contributed by atoms with E-state index >= 15 is 0 Å². The Labute approximate surface area is 94.4 Å². The zero-order chi connectivity index (χ0) is 12.8. The normalized spacial score (nSPS) is 14.6. The Morgan fingerprint density at radius 2 is 2.19 bits per heavy atom. The molecule has 7 heteroatoms. The lowest BCUT2D eigenvalue weighted by Crippen LogP contribution is -2.45. The molecule has 2 atom stereocenters. The van der Waals surface area contributed by atoms with Gasteiger partial charge in [0.2, 0.25) is 0 Å². The van der Waals surface area contributed by atoms with Crippen LogP contribution in [0.2, 0.25) is 0 Å². The van der Waals surface area contributed by atoms with Crippen molar-refractivity contribution in [1.82, 2.24) is 5.32 Å². The van der Waals surface area contributed by atoms with Crippen molar-refractivity contribution in [2.24, 2.45) is 5.11 Å². The Balaban J connectivity index is 4.33. The fraction of sp³-hybridized carbons (Fsp3) is 0.889.